The molecule has 1 atom stereocenters. The molecule has 1 aliphatic rings. The van der Waals surface area contributed by atoms with E-state index in [0.29, 0.717) is 0 Å². The molecular weight excluding hydrogens is 168 g/mol. The van der Waals surface area contributed by atoms with Gasteiger partial charge < -0.3 is 10.2 Å². The number of hydrogen-bond acceptors (Lipinski definition) is 3. The van der Waals surface area contributed by atoms with Crippen LogP contribution in [0.25, 0.3) is 0 Å². The lowest BCUT2D eigenvalue weighted by Crippen LogP contribution is -2.50. The molecule has 0 spiro atoms. The van der Waals surface area contributed by atoms with Crippen LogP contribution in [0.3, 0.4) is 0 Å². The number of piperazine rings is 1. The van der Waals surface area contributed by atoms with E-state index in [0.717, 1.165) is 24.4 Å². The average molecular weight is 188 g/mol. The molecule has 1 saturated heterocycles. The molecular formula is C9H20N2S. The van der Waals surface area contributed by atoms with Crippen LogP contribution >= 0.6 is 11.8 Å². The maximum absolute atomic E-state index is 3.43. The molecule has 0 aromatic carbocycles. The van der Waals surface area contributed by atoms with Crippen molar-refractivity contribution in [2.24, 2.45) is 0 Å². The minimum atomic E-state index is 0.742. The highest BCUT2D eigenvalue weighted by Crippen LogP contribution is 2.13. The van der Waals surface area contributed by atoms with Crippen molar-refractivity contribution in [1.29, 1.82) is 0 Å². The van der Waals surface area contributed by atoms with Crippen molar-refractivity contribution >= 4 is 11.8 Å². The first-order valence-corrected chi connectivity index (χ1v) is 5.77. The number of nitrogens with one attached hydrogen (secondary N) is 1. The fourth-order valence-electron chi connectivity index (χ4n) is 1.35. The van der Waals surface area contributed by atoms with Gasteiger partial charge in [-0.15, -0.1) is 0 Å². The third-order valence-corrected chi connectivity index (χ3v) is 3.51. The molecule has 3 heteroatoms. The summed E-state index contributed by atoms with van der Waals surface area (Å²) in [5.41, 5.74) is 0. The molecule has 0 bridgehead atoms. The zero-order chi connectivity index (χ0) is 8.97. The van der Waals surface area contributed by atoms with Crippen LogP contribution in [0.1, 0.15) is 13.8 Å². The van der Waals surface area contributed by atoms with Crippen molar-refractivity contribution in [3.8, 4) is 0 Å². The van der Waals surface area contributed by atoms with E-state index in [9.17, 15) is 0 Å². The number of thioether (sulfide) groups is 1. The van der Waals surface area contributed by atoms with E-state index in [4.69, 9.17) is 0 Å². The van der Waals surface area contributed by atoms with Gasteiger partial charge in [0.2, 0.25) is 0 Å². The maximum atomic E-state index is 3.43. The number of rotatable bonds is 3. The number of likely N-dealkylation sites (N-methyl/N-ethyl adjacent to an activating group) is 1. The van der Waals surface area contributed by atoms with Gasteiger partial charge in [0.25, 0.3) is 0 Å². The van der Waals surface area contributed by atoms with Crippen LogP contribution in [0.5, 0.6) is 0 Å². The minimum absolute atomic E-state index is 0.742. The van der Waals surface area contributed by atoms with Gasteiger partial charge in [0.1, 0.15) is 0 Å². The zero-order valence-corrected chi connectivity index (χ0v) is 9.16. The quantitative estimate of drug-likeness (QED) is 0.712. The lowest BCUT2D eigenvalue weighted by atomic mass is 10.2. The predicted molar refractivity (Wildman–Crippen MR) is 56.9 cm³/mol. The number of hydrogen-bond donors (Lipinski definition) is 1. The van der Waals surface area contributed by atoms with Gasteiger partial charge in [-0.2, -0.15) is 11.8 Å². The van der Waals surface area contributed by atoms with Crippen molar-refractivity contribution in [2.45, 2.75) is 25.1 Å². The molecule has 2 nitrogen and oxygen atoms in total. The Morgan fingerprint density at radius 1 is 1.58 bits per heavy atom. The standard InChI is InChI=1S/C9H20N2S/c1-8(2)12-7-9-6-10-4-5-11(9)3/h8-10H,4-7H2,1-3H3. The van der Waals surface area contributed by atoms with E-state index in [-0.39, 0.29) is 0 Å². The third-order valence-electron chi connectivity index (χ3n) is 2.27. The van der Waals surface area contributed by atoms with Gasteiger partial charge in [-0.05, 0) is 12.3 Å². The molecule has 1 N–H and O–H groups in total. The van der Waals surface area contributed by atoms with Crippen molar-refractivity contribution < 1.29 is 0 Å². The Kier molecular flexibility index (Phi) is 4.40. The highest BCUT2D eigenvalue weighted by atomic mass is 32.2. The normalized spacial score (nSPS) is 26.5. The highest BCUT2D eigenvalue weighted by molar-refractivity contribution is 7.99. The lowest BCUT2D eigenvalue weighted by Gasteiger charge is -2.33. The summed E-state index contributed by atoms with van der Waals surface area (Å²) < 4.78 is 0. The van der Waals surface area contributed by atoms with E-state index in [1.54, 1.807) is 0 Å². The van der Waals surface area contributed by atoms with Gasteiger partial charge >= 0.3 is 0 Å². The van der Waals surface area contributed by atoms with Crippen LogP contribution in [0.4, 0.5) is 0 Å². The molecule has 0 saturated carbocycles. The molecule has 0 radical (unpaired) electrons. The molecule has 72 valence electrons. The van der Waals surface area contributed by atoms with E-state index in [2.05, 4.69) is 42.9 Å². The third kappa shape index (κ3) is 3.33. The predicted octanol–water partition coefficient (Wildman–Crippen LogP) is 1.03. The van der Waals surface area contributed by atoms with E-state index < -0.39 is 0 Å². The smallest absolute Gasteiger partial charge is 0.0308 e. The summed E-state index contributed by atoms with van der Waals surface area (Å²) in [7, 11) is 2.23. The summed E-state index contributed by atoms with van der Waals surface area (Å²) in [6.07, 6.45) is 0. The van der Waals surface area contributed by atoms with Gasteiger partial charge in [-0.3, -0.25) is 0 Å². The SMILES string of the molecule is CC(C)SCC1CNCCN1C. The molecule has 0 aromatic heterocycles. The average Bonchev–Trinajstić information content (AvgIpc) is 2.03. The fourth-order valence-corrected chi connectivity index (χ4v) is 2.33. The molecule has 0 amide bonds. The van der Waals surface area contributed by atoms with Crippen LogP contribution in [-0.4, -0.2) is 48.6 Å². The molecule has 0 aromatic rings. The summed E-state index contributed by atoms with van der Waals surface area (Å²) >= 11 is 2.06. The minimum Gasteiger partial charge on any atom is -0.314 e. The second-order valence-corrected chi connectivity index (χ2v) is 5.33. The first-order chi connectivity index (χ1) is 5.70. The van der Waals surface area contributed by atoms with Crippen LogP contribution in [-0.2, 0) is 0 Å². The Morgan fingerprint density at radius 2 is 2.33 bits per heavy atom. The Labute approximate surface area is 80.1 Å². The molecule has 0 aliphatic carbocycles. The van der Waals surface area contributed by atoms with Gasteiger partial charge in [-0.1, -0.05) is 13.8 Å². The molecule has 1 heterocycles. The molecule has 1 unspecified atom stereocenters. The van der Waals surface area contributed by atoms with Crippen molar-refractivity contribution in [2.75, 3.05) is 32.4 Å². The monoisotopic (exact) mass is 188 g/mol. The zero-order valence-electron chi connectivity index (χ0n) is 8.34. The largest absolute Gasteiger partial charge is 0.314 e. The van der Waals surface area contributed by atoms with Crippen LogP contribution in [0, 0.1) is 0 Å². The van der Waals surface area contributed by atoms with Crippen LogP contribution in [0.2, 0.25) is 0 Å². The summed E-state index contributed by atoms with van der Waals surface area (Å²) in [5, 5.41) is 4.20. The number of nitrogens with zero attached hydrogens (tertiary/aromatic N) is 1. The summed E-state index contributed by atoms with van der Waals surface area (Å²) in [6, 6.07) is 0.742. The summed E-state index contributed by atoms with van der Waals surface area (Å²) in [5.74, 6) is 1.27. The Bertz CT molecular complexity index is 128. The van der Waals surface area contributed by atoms with Crippen LogP contribution < -0.4 is 5.32 Å². The van der Waals surface area contributed by atoms with Crippen molar-refractivity contribution in [1.82, 2.24) is 10.2 Å². The van der Waals surface area contributed by atoms with E-state index in [1.807, 2.05) is 0 Å². The molecule has 1 aliphatic heterocycles. The lowest BCUT2D eigenvalue weighted by molar-refractivity contribution is 0.218. The first kappa shape index (κ1) is 10.4. The highest BCUT2D eigenvalue weighted by Gasteiger charge is 2.18. The molecule has 12 heavy (non-hydrogen) atoms. The molecule has 1 rings (SSSR count). The fraction of sp³-hybridized carbons (Fsp3) is 1.00. The van der Waals surface area contributed by atoms with Crippen molar-refractivity contribution in [3.05, 3.63) is 0 Å². The second-order valence-electron chi connectivity index (χ2n) is 3.72. The van der Waals surface area contributed by atoms with Gasteiger partial charge in [-0.25, -0.2) is 0 Å². The Hall–Kier alpha value is 0.270. The van der Waals surface area contributed by atoms with E-state index in [1.165, 1.54) is 12.3 Å². The second kappa shape index (κ2) is 5.10. The van der Waals surface area contributed by atoms with Gasteiger partial charge in [0, 0.05) is 31.4 Å². The first-order valence-electron chi connectivity index (χ1n) is 4.72. The van der Waals surface area contributed by atoms with Gasteiger partial charge in [0.05, 0.1) is 0 Å². The van der Waals surface area contributed by atoms with E-state index >= 15 is 0 Å². The topological polar surface area (TPSA) is 15.3 Å². The molecule has 1 fully saturated rings. The summed E-state index contributed by atoms with van der Waals surface area (Å²) in [6.45, 7) is 8.04. The van der Waals surface area contributed by atoms with Crippen LogP contribution in [0.15, 0.2) is 0 Å². The maximum Gasteiger partial charge on any atom is 0.0308 e. The Balaban J connectivity index is 2.20. The summed E-state index contributed by atoms with van der Waals surface area (Å²) in [4.78, 5) is 2.46. The Morgan fingerprint density at radius 3 is 2.92 bits per heavy atom. The van der Waals surface area contributed by atoms with Gasteiger partial charge in [0.15, 0.2) is 0 Å². The van der Waals surface area contributed by atoms with Crippen molar-refractivity contribution in [3.63, 3.8) is 0 Å².